The summed E-state index contributed by atoms with van der Waals surface area (Å²) in [5, 5.41) is 10.9. The summed E-state index contributed by atoms with van der Waals surface area (Å²) in [6, 6.07) is 7.08. The standard InChI is InChI=1S/C11H14N2O2S/c12-9-5-6-16-11(7-9)8-1-3-10(4-2-8)13(14)15/h1-4,9,11H,5-7,12H2. The molecule has 4 nitrogen and oxygen atoms in total. The highest BCUT2D eigenvalue weighted by Crippen LogP contribution is 2.38. The second-order valence-corrected chi connectivity index (χ2v) is 5.30. The van der Waals surface area contributed by atoms with Crippen molar-refractivity contribution in [2.75, 3.05) is 5.75 Å². The van der Waals surface area contributed by atoms with Crippen LogP contribution in [0.1, 0.15) is 23.7 Å². The van der Waals surface area contributed by atoms with Gasteiger partial charge in [-0.25, -0.2) is 0 Å². The van der Waals surface area contributed by atoms with E-state index >= 15 is 0 Å². The van der Waals surface area contributed by atoms with Gasteiger partial charge >= 0.3 is 0 Å². The average molecular weight is 238 g/mol. The van der Waals surface area contributed by atoms with Crippen LogP contribution < -0.4 is 5.73 Å². The summed E-state index contributed by atoms with van der Waals surface area (Å²) in [5.74, 6) is 1.07. The van der Waals surface area contributed by atoms with Crippen LogP contribution in [0, 0.1) is 10.1 Å². The summed E-state index contributed by atoms with van der Waals surface area (Å²) in [6.07, 6.45) is 2.02. The molecule has 2 unspecified atom stereocenters. The van der Waals surface area contributed by atoms with Crippen molar-refractivity contribution in [3.63, 3.8) is 0 Å². The van der Waals surface area contributed by atoms with Crippen molar-refractivity contribution in [3.8, 4) is 0 Å². The van der Waals surface area contributed by atoms with Gasteiger partial charge in [0.1, 0.15) is 0 Å². The lowest BCUT2D eigenvalue weighted by Crippen LogP contribution is -2.26. The van der Waals surface area contributed by atoms with E-state index in [4.69, 9.17) is 5.73 Å². The lowest BCUT2D eigenvalue weighted by Gasteiger charge is -2.26. The molecule has 1 saturated heterocycles. The molecule has 0 aromatic heterocycles. The molecule has 0 radical (unpaired) electrons. The Hall–Kier alpha value is -1.07. The Morgan fingerprint density at radius 2 is 2.06 bits per heavy atom. The van der Waals surface area contributed by atoms with Crippen molar-refractivity contribution in [1.82, 2.24) is 0 Å². The van der Waals surface area contributed by atoms with Crippen LogP contribution in [0.3, 0.4) is 0 Å². The Morgan fingerprint density at radius 3 is 2.62 bits per heavy atom. The molecule has 0 bridgehead atoms. The van der Waals surface area contributed by atoms with Gasteiger partial charge in [0.25, 0.3) is 5.69 Å². The fourth-order valence-electron chi connectivity index (χ4n) is 1.87. The van der Waals surface area contributed by atoms with Crippen LogP contribution in [-0.4, -0.2) is 16.7 Å². The van der Waals surface area contributed by atoms with Crippen LogP contribution in [0.25, 0.3) is 0 Å². The highest BCUT2D eigenvalue weighted by molar-refractivity contribution is 7.99. The minimum absolute atomic E-state index is 0.147. The van der Waals surface area contributed by atoms with E-state index in [1.807, 2.05) is 23.9 Å². The molecule has 1 aromatic rings. The average Bonchev–Trinajstić information content (AvgIpc) is 2.29. The van der Waals surface area contributed by atoms with Gasteiger partial charge in [-0.05, 0) is 24.2 Å². The van der Waals surface area contributed by atoms with Crippen LogP contribution in [0.5, 0.6) is 0 Å². The van der Waals surface area contributed by atoms with E-state index in [1.54, 1.807) is 12.1 Å². The zero-order valence-electron chi connectivity index (χ0n) is 8.83. The summed E-state index contributed by atoms with van der Waals surface area (Å²) in [6.45, 7) is 0. The van der Waals surface area contributed by atoms with E-state index in [-0.39, 0.29) is 16.7 Å². The van der Waals surface area contributed by atoms with E-state index < -0.39 is 0 Å². The quantitative estimate of drug-likeness (QED) is 0.635. The summed E-state index contributed by atoms with van der Waals surface area (Å²) in [5.41, 5.74) is 7.21. The maximum absolute atomic E-state index is 10.5. The molecular formula is C11H14N2O2S. The molecule has 2 N–H and O–H groups in total. The molecule has 2 rings (SSSR count). The van der Waals surface area contributed by atoms with E-state index in [0.29, 0.717) is 5.25 Å². The Bertz CT molecular complexity index is 380. The van der Waals surface area contributed by atoms with Crippen molar-refractivity contribution < 1.29 is 4.92 Å². The largest absolute Gasteiger partial charge is 0.328 e. The summed E-state index contributed by atoms with van der Waals surface area (Å²) in [4.78, 5) is 10.1. The van der Waals surface area contributed by atoms with Crippen molar-refractivity contribution in [2.45, 2.75) is 24.1 Å². The summed E-state index contributed by atoms with van der Waals surface area (Å²) >= 11 is 1.88. The van der Waals surface area contributed by atoms with E-state index in [2.05, 4.69) is 0 Å². The first-order valence-corrected chi connectivity index (χ1v) is 6.33. The molecule has 1 aliphatic heterocycles. The molecule has 0 saturated carbocycles. The number of nitro groups is 1. The van der Waals surface area contributed by atoms with Gasteiger partial charge in [-0.1, -0.05) is 12.1 Å². The first-order valence-electron chi connectivity index (χ1n) is 5.28. The Labute approximate surface area is 98.4 Å². The second-order valence-electron chi connectivity index (χ2n) is 3.99. The molecule has 2 atom stereocenters. The molecule has 1 heterocycles. The van der Waals surface area contributed by atoms with E-state index in [9.17, 15) is 10.1 Å². The number of hydrogen-bond acceptors (Lipinski definition) is 4. The number of hydrogen-bond donors (Lipinski definition) is 1. The molecule has 0 aliphatic carbocycles. The SMILES string of the molecule is NC1CCSC(c2ccc([N+](=O)[O-])cc2)C1. The molecule has 1 aliphatic rings. The lowest BCUT2D eigenvalue weighted by molar-refractivity contribution is -0.384. The Kier molecular flexibility index (Phi) is 3.46. The predicted octanol–water partition coefficient (Wildman–Crippen LogP) is 2.49. The first kappa shape index (κ1) is 11.4. The fraction of sp³-hybridized carbons (Fsp3) is 0.455. The summed E-state index contributed by atoms with van der Waals surface area (Å²) in [7, 11) is 0. The zero-order valence-corrected chi connectivity index (χ0v) is 9.65. The number of benzene rings is 1. The Morgan fingerprint density at radius 1 is 1.38 bits per heavy atom. The number of rotatable bonds is 2. The molecule has 1 aromatic carbocycles. The first-order chi connectivity index (χ1) is 7.66. The van der Waals surface area contributed by atoms with Crippen molar-refractivity contribution >= 4 is 17.4 Å². The van der Waals surface area contributed by atoms with Crippen LogP contribution in [0.4, 0.5) is 5.69 Å². The van der Waals surface area contributed by atoms with Crippen molar-refractivity contribution in [2.24, 2.45) is 5.73 Å². The monoisotopic (exact) mass is 238 g/mol. The number of non-ortho nitro benzene ring substituents is 1. The molecule has 86 valence electrons. The van der Waals surface area contributed by atoms with Gasteiger partial charge in [0.15, 0.2) is 0 Å². The fourth-order valence-corrected chi connectivity index (χ4v) is 3.32. The smallest absolute Gasteiger partial charge is 0.269 e. The van der Waals surface area contributed by atoms with Gasteiger partial charge in [0.2, 0.25) is 0 Å². The zero-order chi connectivity index (χ0) is 11.5. The van der Waals surface area contributed by atoms with Crippen molar-refractivity contribution in [3.05, 3.63) is 39.9 Å². The third kappa shape index (κ3) is 2.54. The van der Waals surface area contributed by atoms with Gasteiger partial charge in [-0.15, -0.1) is 0 Å². The van der Waals surface area contributed by atoms with Crippen LogP contribution >= 0.6 is 11.8 Å². The van der Waals surface area contributed by atoms with Crippen LogP contribution in [0.2, 0.25) is 0 Å². The van der Waals surface area contributed by atoms with E-state index in [1.165, 1.54) is 0 Å². The van der Waals surface area contributed by atoms with E-state index in [0.717, 1.165) is 24.2 Å². The number of thioether (sulfide) groups is 1. The van der Waals surface area contributed by atoms with Gasteiger partial charge < -0.3 is 5.73 Å². The molecule has 5 heteroatoms. The van der Waals surface area contributed by atoms with Crippen LogP contribution in [-0.2, 0) is 0 Å². The maximum Gasteiger partial charge on any atom is 0.269 e. The second kappa shape index (κ2) is 4.84. The summed E-state index contributed by atoms with van der Waals surface area (Å²) < 4.78 is 0. The normalized spacial score (nSPS) is 25.3. The predicted molar refractivity (Wildman–Crippen MR) is 65.5 cm³/mol. The number of nitro benzene ring substituents is 1. The number of nitrogens with two attached hydrogens (primary N) is 1. The van der Waals surface area contributed by atoms with Crippen molar-refractivity contribution in [1.29, 1.82) is 0 Å². The van der Waals surface area contributed by atoms with Gasteiger partial charge in [-0.2, -0.15) is 11.8 Å². The third-order valence-electron chi connectivity index (χ3n) is 2.80. The highest BCUT2D eigenvalue weighted by Gasteiger charge is 2.21. The molecule has 16 heavy (non-hydrogen) atoms. The van der Waals surface area contributed by atoms with Gasteiger partial charge in [0, 0.05) is 23.4 Å². The minimum atomic E-state index is -0.371. The third-order valence-corrected chi connectivity index (χ3v) is 4.14. The molecule has 0 spiro atoms. The highest BCUT2D eigenvalue weighted by atomic mass is 32.2. The molecular weight excluding hydrogens is 224 g/mol. The Balaban J connectivity index is 2.11. The molecule has 0 amide bonds. The van der Waals surface area contributed by atoms with Gasteiger partial charge in [0.05, 0.1) is 4.92 Å². The lowest BCUT2D eigenvalue weighted by atomic mass is 10.0. The topological polar surface area (TPSA) is 69.2 Å². The van der Waals surface area contributed by atoms with Crippen LogP contribution in [0.15, 0.2) is 24.3 Å². The number of nitrogens with zero attached hydrogens (tertiary/aromatic N) is 1. The minimum Gasteiger partial charge on any atom is -0.328 e. The molecule has 1 fully saturated rings. The maximum atomic E-state index is 10.5. The van der Waals surface area contributed by atoms with Gasteiger partial charge in [-0.3, -0.25) is 10.1 Å².